The van der Waals surface area contributed by atoms with Crippen LogP contribution in [0.3, 0.4) is 0 Å². The number of fused-ring (bicyclic) bond motifs is 3. The Hall–Kier alpha value is -8.49. The predicted octanol–water partition coefficient (Wildman–Crippen LogP) is 14.8. The Morgan fingerprint density at radius 2 is 0.685 bits per heavy atom. The molecule has 9 rings (SSSR count). The standard InChI is InChI=1S/C35H58FN5O9.C35H59N5O9.C34H56FN5O10/c1-12-27-35(8)26(41(32(45)50-35)16-14-13-15-38-39-37)18-25(42)20(2)19-33(6,46-11)29(23(5)28(43)34(7,36)31(44)48-27)49-30-22(4)24(40(9)10)17-21(3)47-30;1-12-28-35(8)27(40(33(44)49-35)16-14-13-15-37-38-36)18-26(41)20(2)19-34(7,45-11)30(23(5)29(42)24(6)31(43)47-28)48-32-22(4)25(39(9)10)17-21(3)46-32;1-11-25-34(7)24(40(31(45)50-34)15-13-12-14-37-38-36)17-23(41)19(2)18-32(5,46-10)28(21(4)27(43)33(6,35)30(44)48-25)49-29-26(42)22(39(8)9)16-20(3)47-29/h20-24,26-27,29-30H,12-19H2,1-11H3;20-25,27-28,30,32H,12-19H2,1-11H3;19-22,24-26,28-29,42H,11-18H2,1-10H3/t20-,21?,22?,23+,24?,26-,27-,29-,30+,33-,34+,35+;20-,21?,22?,23+,24-,25?,27-,28-,30-,32+,34-,35+;19-,20?,21+,22?,24-,25-,26?,28-,29+,32-,33+,34+/m111/s1. The molecule has 43 nitrogen and oxygen atoms in total. The van der Waals surface area contributed by atoms with Gasteiger partial charge in [0.25, 0.3) is 11.3 Å². The molecule has 0 spiro atoms. The highest BCUT2D eigenvalue weighted by Crippen LogP contribution is 2.49. The number of Topliss-reactive ketones (excluding diaryl/α,β-unsaturated/α-hetero) is 6. The van der Waals surface area contributed by atoms with Crippen LogP contribution in [0, 0.1) is 53.3 Å². The Morgan fingerprint density at radius 1 is 0.409 bits per heavy atom. The molecule has 0 aliphatic carbocycles. The largest absolute Gasteiger partial charge is 0.458 e. The number of hydrogen-bond acceptors (Lipinski definition) is 34. The van der Waals surface area contributed by atoms with Gasteiger partial charge in [-0.1, -0.05) is 91.5 Å². The van der Waals surface area contributed by atoms with Crippen LogP contribution in [0.25, 0.3) is 31.3 Å². The van der Waals surface area contributed by atoms with E-state index < -0.39 is 220 Å². The van der Waals surface area contributed by atoms with Gasteiger partial charge in [0.2, 0.25) is 0 Å². The van der Waals surface area contributed by atoms with Gasteiger partial charge >= 0.3 is 36.2 Å². The number of ether oxygens (including phenoxy) is 15. The molecule has 9 aliphatic heterocycles. The van der Waals surface area contributed by atoms with Crippen molar-refractivity contribution in [3.63, 3.8) is 0 Å². The van der Waals surface area contributed by atoms with Gasteiger partial charge in [-0.05, 0) is 238 Å². The number of aliphatic hydroxyl groups is 1. The monoisotopic (exact) mass is 2120 g/mol. The zero-order valence-electron chi connectivity index (χ0n) is 94.1. The summed E-state index contributed by atoms with van der Waals surface area (Å²) in [5, 5.41) is 21.9. The summed E-state index contributed by atoms with van der Waals surface area (Å²) in [4.78, 5) is 185. The molecule has 45 heteroatoms. The molecule has 0 aromatic carbocycles. The van der Waals surface area contributed by atoms with Gasteiger partial charge in [-0.15, -0.1) is 0 Å². The van der Waals surface area contributed by atoms with Gasteiger partial charge in [-0.25, -0.2) is 32.8 Å². The molecule has 0 bridgehead atoms. The molecule has 9 unspecified atom stereocenters. The highest BCUT2D eigenvalue weighted by Gasteiger charge is 2.65. The third kappa shape index (κ3) is 29.4. The number of ketones is 6. The summed E-state index contributed by atoms with van der Waals surface area (Å²) >= 11 is 0. The number of azide groups is 3. The van der Waals surface area contributed by atoms with Gasteiger partial charge in [0.05, 0.1) is 71.6 Å². The van der Waals surface area contributed by atoms with Crippen LogP contribution in [0.1, 0.15) is 275 Å². The van der Waals surface area contributed by atoms with E-state index in [4.69, 9.17) is 87.6 Å². The van der Waals surface area contributed by atoms with Crippen molar-refractivity contribution in [1.82, 2.24) is 29.4 Å². The molecule has 9 saturated heterocycles. The Morgan fingerprint density at radius 3 is 0.966 bits per heavy atom. The summed E-state index contributed by atoms with van der Waals surface area (Å²) < 4.78 is 125. The fourth-order valence-electron chi connectivity index (χ4n) is 23.5. The third-order valence-electron chi connectivity index (χ3n) is 33.1. The SMILES string of the molecule is CC[C@H]1OC(=O)[C@@](C)(F)C(=O)[C@H](C)[C@@H](O[C@@H]2OC(C)CC(N(C)C)C2C)[C@](C)(OC)C[C@@H](C)C(=O)C[C@H]2N(CCCCN=[N+]=[N-])C(=O)O[C@]12C.CC[C@H]1OC(=O)[C@@](C)(F)C(=O)[C@H](C)[C@@H](O[C@@H]2OC(C)CC(N(C)C)C2O)[C@](C)(OC)C[C@@H](C)C(=O)C[C@H]2N(CCCCN=[N+]=[N-])C(=O)O[C@]12C.CC[C@H]1OC(=O)[C@H](C)C(=O)[C@H](C)[C@@H](O[C@@H]2OC(C)CC(N(C)C)C2C)[C@](C)(OC)C[C@@H](C)C(=O)C[C@H]2N(CCCCN=[N+]=[N-])C(=O)O[C@]12C. The van der Waals surface area contributed by atoms with Crippen LogP contribution in [0.5, 0.6) is 0 Å². The zero-order chi connectivity index (χ0) is 112. The van der Waals surface area contributed by atoms with Crippen LogP contribution in [-0.2, 0) is 114 Å². The molecular weight excluding hydrogens is 1950 g/mol. The van der Waals surface area contributed by atoms with E-state index in [1.54, 1.807) is 76.2 Å². The summed E-state index contributed by atoms with van der Waals surface area (Å²) in [7, 11) is 16.0. The lowest BCUT2D eigenvalue weighted by molar-refractivity contribution is -0.295. The maximum atomic E-state index is 16.7. The lowest BCUT2D eigenvalue weighted by Gasteiger charge is -2.47. The van der Waals surface area contributed by atoms with E-state index in [2.05, 4.69) is 46.8 Å². The van der Waals surface area contributed by atoms with Crippen LogP contribution >= 0.6 is 0 Å². The summed E-state index contributed by atoms with van der Waals surface area (Å²) in [6, 6.07) is -2.65. The van der Waals surface area contributed by atoms with Crippen molar-refractivity contribution < 1.29 is 142 Å². The van der Waals surface area contributed by atoms with Gasteiger partial charge in [-0.3, -0.25) is 33.6 Å². The summed E-state index contributed by atoms with van der Waals surface area (Å²) in [6.07, 6.45) is -7.86. The van der Waals surface area contributed by atoms with Crippen molar-refractivity contribution in [2.75, 3.05) is 103 Å². The first-order valence-corrected chi connectivity index (χ1v) is 53.0. The minimum atomic E-state index is -3.17. The molecule has 846 valence electrons. The van der Waals surface area contributed by atoms with Gasteiger partial charge in [0.15, 0.2) is 53.0 Å². The van der Waals surface area contributed by atoms with E-state index in [9.17, 15) is 62.6 Å². The number of unbranched alkanes of at least 4 members (excludes halogenated alkanes) is 3. The van der Waals surface area contributed by atoms with E-state index in [0.717, 1.165) is 26.7 Å². The van der Waals surface area contributed by atoms with Crippen molar-refractivity contribution >= 4 is 70.9 Å². The molecule has 9 aliphatic rings. The molecule has 36 atom stereocenters. The molecule has 9 heterocycles. The Balaban J connectivity index is 0.000000302. The molecule has 0 saturated carbocycles. The number of rotatable bonds is 30. The molecule has 3 amide bonds. The van der Waals surface area contributed by atoms with Crippen molar-refractivity contribution in [3.8, 4) is 0 Å². The molecule has 149 heavy (non-hydrogen) atoms. The smallest absolute Gasteiger partial charge is 0.410 e. The van der Waals surface area contributed by atoms with Gasteiger partial charge in [0.1, 0.15) is 47.7 Å². The van der Waals surface area contributed by atoms with Crippen molar-refractivity contribution in [1.29, 1.82) is 0 Å². The number of carbonyl (C=O) groups is 12. The number of carbonyl (C=O) groups excluding carboxylic acids is 12. The second-order valence-corrected chi connectivity index (χ2v) is 44.9. The first-order chi connectivity index (χ1) is 69.5. The maximum Gasteiger partial charge on any atom is 0.410 e. The molecular formula is C104H173F2N15O28. The lowest BCUT2D eigenvalue weighted by Crippen LogP contribution is -2.61. The lowest BCUT2D eigenvalue weighted by atomic mass is 9.75. The fourth-order valence-corrected chi connectivity index (χ4v) is 23.5. The summed E-state index contributed by atoms with van der Waals surface area (Å²) in [5.41, 5.74) is 11.2. The van der Waals surface area contributed by atoms with E-state index in [1.807, 2.05) is 88.7 Å². The first kappa shape index (κ1) is 127. The zero-order valence-corrected chi connectivity index (χ0v) is 94.1. The Kier molecular flexibility index (Phi) is 46.2. The minimum Gasteiger partial charge on any atom is -0.458 e. The second-order valence-electron chi connectivity index (χ2n) is 44.9. The fraction of sp³-hybridized carbons (Fsp3) is 0.885. The number of nitrogens with zero attached hydrogens (tertiary/aromatic N) is 15. The Labute approximate surface area is 877 Å². The molecule has 0 radical (unpaired) electrons. The van der Waals surface area contributed by atoms with Gasteiger partial charge < -0.3 is 106 Å². The number of esters is 3. The minimum absolute atomic E-state index is 0.00481. The van der Waals surface area contributed by atoms with Crippen LogP contribution in [-0.4, -0.2) is 369 Å². The van der Waals surface area contributed by atoms with E-state index in [0.29, 0.717) is 44.9 Å². The topological polar surface area (TPSA) is 529 Å². The molecule has 1 N–H and O–H groups in total. The number of likely N-dealkylation sites (N-methyl/N-ethyl adjacent to an activating group) is 1. The number of alkyl halides is 2. The van der Waals surface area contributed by atoms with E-state index in [1.165, 1.54) is 56.8 Å². The number of cyclic esters (lactones) is 3. The van der Waals surface area contributed by atoms with Crippen molar-refractivity contribution in [3.05, 3.63) is 31.3 Å². The third-order valence-corrected chi connectivity index (χ3v) is 33.1. The number of methoxy groups -OCH3 is 3. The second kappa shape index (κ2) is 54.1. The normalized spacial score (nSPS) is 40.2. The highest BCUT2D eigenvalue weighted by atomic mass is 19.1. The Bertz CT molecular complexity index is 4550. The summed E-state index contributed by atoms with van der Waals surface area (Å²) in [6.45, 7) is 39.3. The van der Waals surface area contributed by atoms with Crippen molar-refractivity contribution in [2.24, 2.45) is 68.6 Å². The quantitative estimate of drug-likeness (QED) is 0.0133. The predicted molar refractivity (Wildman–Crippen MR) is 542 cm³/mol. The van der Waals surface area contributed by atoms with Gasteiger partial charge in [0, 0.05) is 160 Å². The number of amides is 3. The highest BCUT2D eigenvalue weighted by molar-refractivity contribution is 6.09. The average Bonchev–Trinajstić information content (AvgIpc) is 0.870. The molecule has 0 aromatic rings. The molecule has 0 aromatic heterocycles. The number of aliphatic hydroxyl groups excluding tert-OH is 1. The molecule has 9 fully saturated rings. The summed E-state index contributed by atoms with van der Waals surface area (Å²) in [5.74, 6) is -13.6. The first-order valence-electron chi connectivity index (χ1n) is 53.0. The van der Waals surface area contributed by atoms with E-state index >= 15 is 8.78 Å². The van der Waals surface area contributed by atoms with Crippen LogP contribution in [0.15, 0.2) is 15.3 Å². The van der Waals surface area contributed by atoms with Crippen LogP contribution < -0.4 is 0 Å². The van der Waals surface area contributed by atoms with Crippen molar-refractivity contribution in [2.45, 2.75) is 436 Å². The van der Waals surface area contributed by atoms with Crippen LogP contribution in [0.4, 0.5) is 23.2 Å². The average molecular weight is 2120 g/mol. The number of hydrogen-bond donors (Lipinski definition) is 1. The van der Waals surface area contributed by atoms with E-state index in [-0.39, 0.29) is 163 Å². The van der Waals surface area contributed by atoms with Crippen LogP contribution in [0.2, 0.25) is 0 Å². The maximum absolute atomic E-state index is 16.7. The number of halogens is 2. The van der Waals surface area contributed by atoms with Gasteiger partial charge in [-0.2, -0.15) is 0 Å².